The van der Waals surface area contributed by atoms with Gasteiger partial charge in [0, 0.05) is 31.8 Å². The fourth-order valence-corrected chi connectivity index (χ4v) is 3.36. The number of amides is 1. The summed E-state index contributed by atoms with van der Waals surface area (Å²) < 4.78 is 2.17. The van der Waals surface area contributed by atoms with Gasteiger partial charge in [-0.05, 0) is 31.2 Å². The van der Waals surface area contributed by atoms with Crippen molar-refractivity contribution < 1.29 is 9.69 Å². The van der Waals surface area contributed by atoms with E-state index in [2.05, 4.69) is 35.3 Å². The maximum Gasteiger partial charge on any atom is 0.279 e. The maximum absolute atomic E-state index is 12.3. The average molecular weight is 298 g/mol. The van der Waals surface area contributed by atoms with Crippen molar-refractivity contribution in [2.45, 2.75) is 25.8 Å². The summed E-state index contributed by atoms with van der Waals surface area (Å²) >= 11 is 0. The predicted molar refractivity (Wildman–Crippen MR) is 87.9 cm³/mol. The summed E-state index contributed by atoms with van der Waals surface area (Å²) in [5.41, 5.74) is 3.41. The van der Waals surface area contributed by atoms with E-state index >= 15 is 0 Å². The van der Waals surface area contributed by atoms with Gasteiger partial charge in [0.2, 0.25) is 0 Å². The summed E-state index contributed by atoms with van der Waals surface area (Å²) in [7, 11) is 2.08. The van der Waals surface area contributed by atoms with Crippen LogP contribution in [0.2, 0.25) is 0 Å². The van der Waals surface area contributed by atoms with E-state index in [1.54, 1.807) is 0 Å². The molecule has 4 heteroatoms. The molecule has 1 aliphatic rings. The van der Waals surface area contributed by atoms with Crippen LogP contribution in [-0.2, 0) is 11.8 Å². The normalized spacial score (nSPS) is 21.0. The summed E-state index contributed by atoms with van der Waals surface area (Å²) in [5.74, 6) is 0.0972. The number of nitrogens with zero attached hydrogens (tertiary/aromatic N) is 1. The minimum atomic E-state index is 0.0972. The number of likely N-dealkylation sites (tertiary alicyclic amines) is 1. The van der Waals surface area contributed by atoms with Crippen LogP contribution in [0.4, 0.5) is 5.69 Å². The highest BCUT2D eigenvalue weighted by Crippen LogP contribution is 2.19. The third-order valence-corrected chi connectivity index (χ3v) is 4.55. The second kappa shape index (κ2) is 6.36. The molecule has 1 amide bonds. The smallest absolute Gasteiger partial charge is 0.279 e. The lowest BCUT2D eigenvalue weighted by atomic mass is 10.1. The van der Waals surface area contributed by atoms with Crippen molar-refractivity contribution in [1.29, 1.82) is 0 Å². The van der Waals surface area contributed by atoms with Gasteiger partial charge in [-0.3, -0.25) is 4.79 Å². The molecule has 1 aromatic carbocycles. The van der Waals surface area contributed by atoms with Crippen LogP contribution in [0.3, 0.4) is 0 Å². The number of rotatable bonds is 4. The molecule has 2 N–H and O–H groups in total. The van der Waals surface area contributed by atoms with Crippen LogP contribution in [0.1, 0.15) is 30.1 Å². The lowest BCUT2D eigenvalue weighted by Gasteiger charge is -2.21. The number of nitrogens with one attached hydrogen (secondary N) is 2. The second-order valence-corrected chi connectivity index (χ2v) is 6.24. The van der Waals surface area contributed by atoms with Gasteiger partial charge in [-0.1, -0.05) is 17.7 Å². The van der Waals surface area contributed by atoms with E-state index < -0.39 is 0 Å². The van der Waals surface area contributed by atoms with Crippen molar-refractivity contribution >= 4 is 11.6 Å². The van der Waals surface area contributed by atoms with Gasteiger partial charge in [-0.15, -0.1) is 0 Å². The molecule has 1 unspecified atom stereocenters. The van der Waals surface area contributed by atoms with Gasteiger partial charge in [0.25, 0.3) is 5.91 Å². The molecular formula is C18H24N3O+. The molecule has 0 aliphatic carbocycles. The first-order valence-corrected chi connectivity index (χ1v) is 7.96. The summed E-state index contributed by atoms with van der Waals surface area (Å²) in [6.45, 7) is 3.64. The molecule has 2 aromatic rings. The van der Waals surface area contributed by atoms with Crippen molar-refractivity contribution in [3.05, 3.63) is 53.9 Å². The van der Waals surface area contributed by atoms with E-state index in [0.717, 1.165) is 18.7 Å². The van der Waals surface area contributed by atoms with Crippen LogP contribution >= 0.6 is 0 Å². The highest BCUT2D eigenvalue weighted by molar-refractivity contribution is 5.91. The standard InChI is InChI=1S/C18H23N3O/c1-14-7-9-15(10-8-14)19-18(22)13-21-12-4-6-17(21)16-5-3-11-20(16)2/h3,5,7-11,17H,4,6,12-13H2,1-2H3,(H,19,22)/p+1/t17-/m0/s1. The lowest BCUT2D eigenvalue weighted by Crippen LogP contribution is -3.11. The monoisotopic (exact) mass is 298 g/mol. The molecular weight excluding hydrogens is 274 g/mol. The van der Waals surface area contributed by atoms with Crippen LogP contribution in [-0.4, -0.2) is 23.6 Å². The molecule has 0 saturated carbocycles. The molecule has 2 heterocycles. The third-order valence-electron chi connectivity index (χ3n) is 4.55. The number of hydrogen-bond donors (Lipinski definition) is 2. The number of aromatic nitrogens is 1. The fourth-order valence-electron chi connectivity index (χ4n) is 3.36. The maximum atomic E-state index is 12.3. The van der Waals surface area contributed by atoms with E-state index in [1.165, 1.54) is 22.6 Å². The Balaban J connectivity index is 1.63. The Hall–Kier alpha value is -2.07. The molecule has 0 spiro atoms. The third kappa shape index (κ3) is 3.22. The van der Waals surface area contributed by atoms with E-state index in [4.69, 9.17) is 0 Å². The Kier molecular flexibility index (Phi) is 4.29. The molecule has 1 aliphatic heterocycles. The predicted octanol–water partition coefficient (Wildman–Crippen LogP) is 1.69. The minimum absolute atomic E-state index is 0.0972. The van der Waals surface area contributed by atoms with Gasteiger partial charge in [-0.2, -0.15) is 0 Å². The topological polar surface area (TPSA) is 38.5 Å². The molecule has 116 valence electrons. The number of quaternary nitrogens is 1. The number of aryl methyl sites for hydroxylation is 2. The van der Waals surface area contributed by atoms with Gasteiger partial charge >= 0.3 is 0 Å². The van der Waals surface area contributed by atoms with E-state index in [-0.39, 0.29) is 5.91 Å². The van der Waals surface area contributed by atoms with Crippen LogP contribution in [0.5, 0.6) is 0 Å². The highest BCUT2D eigenvalue weighted by Gasteiger charge is 2.32. The quantitative estimate of drug-likeness (QED) is 0.886. The van der Waals surface area contributed by atoms with Gasteiger partial charge in [0.1, 0.15) is 6.04 Å². The number of hydrogen-bond acceptors (Lipinski definition) is 1. The van der Waals surface area contributed by atoms with Crippen molar-refractivity contribution in [2.24, 2.45) is 7.05 Å². The summed E-state index contributed by atoms with van der Waals surface area (Å²) in [5, 5.41) is 3.01. The van der Waals surface area contributed by atoms with Crippen molar-refractivity contribution in [2.75, 3.05) is 18.4 Å². The Morgan fingerprint density at radius 2 is 2.09 bits per heavy atom. The molecule has 4 nitrogen and oxygen atoms in total. The molecule has 22 heavy (non-hydrogen) atoms. The van der Waals surface area contributed by atoms with Crippen LogP contribution in [0.25, 0.3) is 0 Å². The molecule has 1 saturated heterocycles. The SMILES string of the molecule is Cc1ccc(NC(=O)C[NH+]2CCC[C@H]2c2cccn2C)cc1. The zero-order valence-electron chi connectivity index (χ0n) is 13.3. The Labute approximate surface area is 131 Å². The van der Waals surface area contributed by atoms with Crippen molar-refractivity contribution in [3.63, 3.8) is 0 Å². The molecule has 3 rings (SSSR count). The lowest BCUT2D eigenvalue weighted by molar-refractivity contribution is -0.910. The van der Waals surface area contributed by atoms with Gasteiger partial charge in [0.15, 0.2) is 6.54 Å². The van der Waals surface area contributed by atoms with Gasteiger partial charge < -0.3 is 14.8 Å². The first-order valence-electron chi connectivity index (χ1n) is 7.96. The zero-order valence-corrected chi connectivity index (χ0v) is 13.3. The highest BCUT2D eigenvalue weighted by atomic mass is 16.2. The van der Waals surface area contributed by atoms with Crippen LogP contribution in [0.15, 0.2) is 42.6 Å². The first-order chi connectivity index (χ1) is 10.6. The van der Waals surface area contributed by atoms with E-state index in [0.29, 0.717) is 12.6 Å². The number of carbonyl (C=O) groups is 1. The number of benzene rings is 1. The largest absolute Gasteiger partial charge is 0.350 e. The summed E-state index contributed by atoms with van der Waals surface area (Å²) in [4.78, 5) is 13.7. The van der Waals surface area contributed by atoms with Crippen molar-refractivity contribution in [3.8, 4) is 0 Å². The first kappa shape index (κ1) is 14.9. The van der Waals surface area contributed by atoms with Crippen LogP contribution in [0, 0.1) is 6.92 Å². The Morgan fingerprint density at radius 1 is 1.32 bits per heavy atom. The van der Waals surface area contributed by atoms with Crippen molar-refractivity contribution in [1.82, 2.24) is 4.57 Å². The molecule has 0 radical (unpaired) electrons. The fraction of sp³-hybridized carbons (Fsp3) is 0.389. The van der Waals surface area contributed by atoms with Crippen LogP contribution < -0.4 is 10.2 Å². The molecule has 1 aromatic heterocycles. The zero-order chi connectivity index (χ0) is 15.5. The van der Waals surface area contributed by atoms with E-state index in [9.17, 15) is 4.79 Å². The Morgan fingerprint density at radius 3 is 2.77 bits per heavy atom. The number of anilines is 1. The van der Waals surface area contributed by atoms with Gasteiger partial charge in [-0.25, -0.2) is 0 Å². The molecule has 0 bridgehead atoms. The summed E-state index contributed by atoms with van der Waals surface area (Å²) in [6, 6.07) is 12.6. The Bertz CT molecular complexity index is 645. The second-order valence-electron chi connectivity index (χ2n) is 6.24. The average Bonchev–Trinajstić information content (AvgIpc) is 3.10. The molecule has 1 fully saturated rings. The number of carbonyl (C=O) groups excluding carboxylic acids is 1. The van der Waals surface area contributed by atoms with E-state index in [1.807, 2.05) is 31.2 Å². The van der Waals surface area contributed by atoms with Gasteiger partial charge in [0.05, 0.1) is 12.2 Å². The summed E-state index contributed by atoms with van der Waals surface area (Å²) in [6.07, 6.45) is 4.42. The minimum Gasteiger partial charge on any atom is -0.350 e. The molecule has 2 atom stereocenters.